The highest BCUT2D eigenvalue weighted by Gasteiger charge is 2.28. The first-order chi connectivity index (χ1) is 14.7. The Balaban J connectivity index is 1.37. The maximum atomic E-state index is 13.0. The summed E-state index contributed by atoms with van der Waals surface area (Å²) in [5, 5.41) is 4.13. The molecule has 30 heavy (non-hydrogen) atoms. The van der Waals surface area contributed by atoms with Crippen LogP contribution in [0.15, 0.2) is 53.1 Å². The van der Waals surface area contributed by atoms with Gasteiger partial charge in [0.25, 0.3) is 0 Å². The normalized spacial score (nSPS) is 17.1. The fourth-order valence-electron chi connectivity index (χ4n) is 3.76. The molecule has 3 aromatic rings. The van der Waals surface area contributed by atoms with Crippen LogP contribution in [0.5, 0.6) is 11.5 Å². The second-order valence-electron chi connectivity index (χ2n) is 7.43. The van der Waals surface area contributed by atoms with Crippen molar-refractivity contribution in [3.05, 3.63) is 71.6 Å². The quantitative estimate of drug-likeness (QED) is 0.541. The smallest absolute Gasteiger partial charge is 0.244 e. The third kappa shape index (κ3) is 5.16. The Kier molecular flexibility index (Phi) is 6.59. The van der Waals surface area contributed by atoms with E-state index in [-0.39, 0.29) is 11.9 Å². The largest absolute Gasteiger partial charge is 0.497 e. The number of methoxy groups -OCH3 is 1. The number of hydrogen-bond acceptors (Lipinski definition) is 6. The Morgan fingerprint density at radius 1 is 1.13 bits per heavy atom. The molecule has 1 fully saturated rings. The Morgan fingerprint density at radius 2 is 2.00 bits per heavy atom. The minimum atomic E-state index is -0.281. The van der Waals surface area contributed by atoms with Gasteiger partial charge in [0.1, 0.15) is 17.3 Å². The van der Waals surface area contributed by atoms with E-state index < -0.39 is 0 Å². The third-order valence-corrected chi connectivity index (χ3v) is 5.31. The Bertz CT molecular complexity index is 945. The molecule has 1 aliphatic heterocycles. The predicted molar refractivity (Wildman–Crippen MR) is 110 cm³/mol. The van der Waals surface area contributed by atoms with Crippen LogP contribution < -0.4 is 9.47 Å². The highest BCUT2D eigenvalue weighted by Crippen LogP contribution is 2.31. The van der Waals surface area contributed by atoms with E-state index in [1.807, 2.05) is 12.1 Å². The molecule has 0 amide bonds. The molecular formula is C23H26FN3O3. The summed E-state index contributed by atoms with van der Waals surface area (Å²) in [5.74, 6) is 2.49. The molecule has 0 N–H and O–H groups in total. The Hall–Kier alpha value is -2.93. The van der Waals surface area contributed by atoms with Gasteiger partial charge in [-0.1, -0.05) is 23.7 Å². The molecule has 2 aromatic carbocycles. The van der Waals surface area contributed by atoms with Gasteiger partial charge < -0.3 is 14.0 Å². The maximum Gasteiger partial charge on any atom is 0.244 e. The summed E-state index contributed by atoms with van der Waals surface area (Å²) in [7, 11) is 1.68. The van der Waals surface area contributed by atoms with Gasteiger partial charge >= 0.3 is 0 Å². The van der Waals surface area contributed by atoms with Crippen LogP contribution >= 0.6 is 0 Å². The van der Waals surface area contributed by atoms with Crippen LogP contribution in [0.1, 0.15) is 42.6 Å². The van der Waals surface area contributed by atoms with Gasteiger partial charge in [0.15, 0.2) is 5.82 Å². The van der Waals surface area contributed by atoms with Crippen LogP contribution in [0.4, 0.5) is 4.39 Å². The third-order valence-electron chi connectivity index (χ3n) is 5.31. The van der Waals surface area contributed by atoms with Crippen LogP contribution in [0.25, 0.3) is 0 Å². The van der Waals surface area contributed by atoms with Crippen molar-refractivity contribution in [2.24, 2.45) is 0 Å². The molecule has 1 aromatic heterocycles. The summed E-state index contributed by atoms with van der Waals surface area (Å²) in [6.45, 7) is 2.21. The molecule has 4 rings (SSSR count). The van der Waals surface area contributed by atoms with E-state index >= 15 is 0 Å². The number of likely N-dealkylation sites (tertiary alicyclic amines) is 1. The number of rotatable bonds is 8. The fourth-order valence-corrected chi connectivity index (χ4v) is 3.76. The van der Waals surface area contributed by atoms with Crippen molar-refractivity contribution in [1.29, 1.82) is 0 Å². The van der Waals surface area contributed by atoms with Gasteiger partial charge in [-0.25, -0.2) is 4.39 Å². The summed E-state index contributed by atoms with van der Waals surface area (Å²) in [4.78, 5) is 7.01. The average molecular weight is 411 g/mol. The van der Waals surface area contributed by atoms with Gasteiger partial charge in [-0.3, -0.25) is 4.90 Å². The zero-order chi connectivity index (χ0) is 20.8. The summed E-state index contributed by atoms with van der Waals surface area (Å²) < 4.78 is 29.5. The number of piperidine rings is 1. The van der Waals surface area contributed by atoms with Crippen LogP contribution in [-0.2, 0) is 13.0 Å². The van der Waals surface area contributed by atoms with Gasteiger partial charge in [-0.05, 0) is 61.3 Å². The van der Waals surface area contributed by atoms with Gasteiger partial charge in [0.2, 0.25) is 5.89 Å². The molecule has 0 spiro atoms. The molecule has 1 saturated heterocycles. The molecular weight excluding hydrogens is 385 g/mol. The van der Waals surface area contributed by atoms with E-state index in [1.54, 1.807) is 19.2 Å². The maximum absolute atomic E-state index is 13.0. The van der Waals surface area contributed by atoms with Crippen molar-refractivity contribution in [3.63, 3.8) is 0 Å². The zero-order valence-corrected chi connectivity index (χ0v) is 17.1. The van der Waals surface area contributed by atoms with Crippen molar-refractivity contribution >= 4 is 0 Å². The summed E-state index contributed by atoms with van der Waals surface area (Å²) in [6, 6.07) is 14.2. The zero-order valence-electron chi connectivity index (χ0n) is 17.1. The van der Waals surface area contributed by atoms with Crippen molar-refractivity contribution < 1.29 is 18.4 Å². The number of benzene rings is 2. The van der Waals surface area contributed by atoms with E-state index in [9.17, 15) is 4.39 Å². The summed E-state index contributed by atoms with van der Waals surface area (Å²) >= 11 is 0. The molecule has 7 heteroatoms. The van der Waals surface area contributed by atoms with E-state index in [0.717, 1.165) is 38.1 Å². The van der Waals surface area contributed by atoms with Crippen LogP contribution in [-0.4, -0.2) is 35.3 Å². The number of ether oxygens (including phenoxy) is 2. The highest BCUT2D eigenvalue weighted by atomic mass is 19.1. The summed E-state index contributed by atoms with van der Waals surface area (Å²) in [5.41, 5.74) is 1.20. The molecule has 0 aliphatic carbocycles. The average Bonchev–Trinajstić information content (AvgIpc) is 3.24. The number of nitrogens with zero attached hydrogens (tertiary/aromatic N) is 3. The standard InChI is InChI=1S/C23H26FN3O3/c1-28-20-6-4-5-17(15-20)16-27-13-3-2-7-21(27)23-25-22(26-30-23)12-14-29-19-10-8-18(24)9-11-19/h4-6,8-11,15,21H,2-3,7,12-14,16H2,1H3. The fraction of sp³-hybridized carbons (Fsp3) is 0.391. The number of halogens is 1. The van der Waals surface area contributed by atoms with Crippen LogP contribution in [0.2, 0.25) is 0 Å². The first-order valence-corrected chi connectivity index (χ1v) is 10.3. The lowest BCUT2D eigenvalue weighted by atomic mass is 10.0. The molecule has 0 saturated carbocycles. The lowest BCUT2D eigenvalue weighted by Gasteiger charge is -2.33. The van der Waals surface area contributed by atoms with E-state index in [4.69, 9.17) is 14.0 Å². The minimum absolute atomic E-state index is 0.115. The first kappa shape index (κ1) is 20.3. The molecule has 1 unspecified atom stereocenters. The molecule has 1 atom stereocenters. The van der Waals surface area contributed by atoms with Gasteiger partial charge in [-0.15, -0.1) is 0 Å². The molecule has 0 radical (unpaired) electrons. The molecule has 158 valence electrons. The molecule has 6 nitrogen and oxygen atoms in total. The Morgan fingerprint density at radius 3 is 2.83 bits per heavy atom. The van der Waals surface area contributed by atoms with Crippen molar-refractivity contribution in [1.82, 2.24) is 15.0 Å². The van der Waals surface area contributed by atoms with Gasteiger partial charge in [-0.2, -0.15) is 4.98 Å². The van der Waals surface area contributed by atoms with Crippen LogP contribution in [0, 0.1) is 5.82 Å². The van der Waals surface area contributed by atoms with E-state index in [1.165, 1.54) is 17.7 Å². The van der Waals surface area contributed by atoms with Crippen molar-refractivity contribution in [2.75, 3.05) is 20.3 Å². The lowest BCUT2D eigenvalue weighted by Crippen LogP contribution is -2.33. The van der Waals surface area contributed by atoms with Crippen molar-refractivity contribution in [3.8, 4) is 11.5 Å². The predicted octanol–water partition coefficient (Wildman–Crippen LogP) is 4.57. The van der Waals surface area contributed by atoms with Gasteiger partial charge in [0, 0.05) is 13.0 Å². The number of hydrogen-bond donors (Lipinski definition) is 0. The Labute approximate surface area is 175 Å². The SMILES string of the molecule is COc1cccc(CN2CCCCC2c2nc(CCOc3ccc(F)cc3)no2)c1. The van der Waals surface area contributed by atoms with E-state index in [0.29, 0.717) is 30.5 Å². The minimum Gasteiger partial charge on any atom is -0.497 e. The first-order valence-electron chi connectivity index (χ1n) is 10.3. The molecule has 0 bridgehead atoms. The van der Waals surface area contributed by atoms with Crippen LogP contribution in [0.3, 0.4) is 0 Å². The summed E-state index contributed by atoms with van der Waals surface area (Å²) in [6.07, 6.45) is 3.83. The monoisotopic (exact) mass is 411 g/mol. The molecule has 1 aliphatic rings. The highest BCUT2D eigenvalue weighted by molar-refractivity contribution is 5.28. The second-order valence-corrected chi connectivity index (χ2v) is 7.43. The molecule has 2 heterocycles. The van der Waals surface area contributed by atoms with E-state index in [2.05, 4.69) is 27.2 Å². The lowest BCUT2D eigenvalue weighted by molar-refractivity contribution is 0.111. The van der Waals surface area contributed by atoms with Crippen molar-refractivity contribution in [2.45, 2.75) is 38.3 Å². The van der Waals surface area contributed by atoms with Gasteiger partial charge in [0.05, 0.1) is 19.8 Å². The topological polar surface area (TPSA) is 60.6 Å². The second kappa shape index (κ2) is 9.71. The number of aromatic nitrogens is 2.